The van der Waals surface area contributed by atoms with Crippen molar-refractivity contribution in [3.63, 3.8) is 0 Å². The van der Waals surface area contributed by atoms with E-state index >= 15 is 0 Å². The molecular formula is C18H24N4O4S. The van der Waals surface area contributed by atoms with Gasteiger partial charge in [-0.15, -0.1) is 0 Å². The summed E-state index contributed by atoms with van der Waals surface area (Å²) >= 11 is 0. The lowest BCUT2D eigenvalue weighted by Crippen LogP contribution is -2.48. The second-order valence-corrected chi connectivity index (χ2v) is 8.97. The fraction of sp³-hybridized carbons (Fsp3) is 0.444. The quantitative estimate of drug-likeness (QED) is 0.760. The molecule has 1 aromatic carbocycles. The highest BCUT2D eigenvalue weighted by molar-refractivity contribution is 7.89. The molecule has 1 fully saturated rings. The first-order valence-corrected chi connectivity index (χ1v) is 10.2. The second kappa shape index (κ2) is 7.79. The van der Waals surface area contributed by atoms with Crippen LogP contribution in [0.25, 0.3) is 0 Å². The number of rotatable bonds is 5. The van der Waals surface area contributed by atoms with Gasteiger partial charge in [-0.25, -0.2) is 12.7 Å². The molecule has 1 saturated heterocycles. The third-order valence-electron chi connectivity index (χ3n) is 4.60. The van der Waals surface area contributed by atoms with Crippen molar-refractivity contribution in [3.8, 4) is 0 Å². The van der Waals surface area contributed by atoms with E-state index in [0.29, 0.717) is 25.2 Å². The van der Waals surface area contributed by atoms with E-state index in [2.05, 4.69) is 10.1 Å². The van der Waals surface area contributed by atoms with Gasteiger partial charge in [0, 0.05) is 51.9 Å². The number of nitrogens with zero attached hydrogens (tertiary/aromatic N) is 4. The Morgan fingerprint density at radius 2 is 1.78 bits per heavy atom. The summed E-state index contributed by atoms with van der Waals surface area (Å²) in [5.41, 5.74) is 1.35. The van der Waals surface area contributed by atoms with Crippen LogP contribution in [-0.4, -0.2) is 73.9 Å². The van der Waals surface area contributed by atoms with Gasteiger partial charge in [0.2, 0.25) is 10.0 Å². The van der Waals surface area contributed by atoms with Gasteiger partial charge in [0.25, 0.3) is 5.91 Å². The number of hydrogen-bond donors (Lipinski definition) is 0. The fourth-order valence-electron chi connectivity index (χ4n) is 2.98. The number of carbonyl (C=O) groups is 1. The molecule has 0 radical (unpaired) electrons. The summed E-state index contributed by atoms with van der Waals surface area (Å²) in [4.78, 5) is 16.9. The van der Waals surface area contributed by atoms with Gasteiger partial charge in [-0.2, -0.15) is 0 Å². The molecule has 0 aliphatic carbocycles. The number of aromatic nitrogens is 1. The van der Waals surface area contributed by atoms with Gasteiger partial charge in [-0.05, 0) is 31.2 Å². The lowest BCUT2D eigenvalue weighted by molar-refractivity contribution is 0.0617. The Balaban J connectivity index is 1.59. The Labute approximate surface area is 159 Å². The SMILES string of the molecule is Cc1cc(CN2CCN(C(=O)c3ccc(S(=O)(=O)N(C)C)cc3)CC2)on1. The van der Waals surface area contributed by atoms with E-state index in [4.69, 9.17) is 4.52 Å². The van der Waals surface area contributed by atoms with Crippen molar-refractivity contribution in [1.82, 2.24) is 19.3 Å². The molecule has 2 heterocycles. The standard InChI is InChI=1S/C18H24N4O4S/c1-14-12-16(26-19-14)13-21-8-10-22(11-9-21)18(23)15-4-6-17(7-5-15)27(24,25)20(2)3/h4-7,12H,8-11,13H2,1-3H3. The van der Waals surface area contributed by atoms with E-state index in [-0.39, 0.29) is 10.8 Å². The largest absolute Gasteiger partial charge is 0.360 e. The molecule has 0 atom stereocenters. The second-order valence-electron chi connectivity index (χ2n) is 6.81. The van der Waals surface area contributed by atoms with Crippen LogP contribution in [-0.2, 0) is 16.6 Å². The number of benzene rings is 1. The number of carbonyl (C=O) groups excluding carboxylic acids is 1. The predicted molar refractivity (Wildman–Crippen MR) is 99.7 cm³/mol. The molecule has 0 spiro atoms. The minimum atomic E-state index is -3.49. The van der Waals surface area contributed by atoms with Crippen LogP contribution >= 0.6 is 0 Å². The van der Waals surface area contributed by atoms with Crippen LogP contribution in [0.4, 0.5) is 0 Å². The third kappa shape index (κ3) is 4.37. The highest BCUT2D eigenvalue weighted by atomic mass is 32.2. The van der Waals surface area contributed by atoms with Crippen molar-refractivity contribution < 1.29 is 17.7 Å². The summed E-state index contributed by atoms with van der Waals surface area (Å²) in [6, 6.07) is 8.02. The Morgan fingerprint density at radius 1 is 1.15 bits per heavy atom. The van der Waals surface area contributed by atoms with Crippen LogP contribution in [0.3, 0.4) is 0 Å². The third-order valence-corrected chi connectivity index (χ3v) is 6.42. The summed E-state index contributed by atoms with van der Waals surface area (Å²) in [5.74, 6) is 0.740. The maximum atomic E-state index is 12.7. The molecule has 2 aromatic rings. The predicted octanol–water partition coefficient (Wildman–Crippen LogP) is 1.19. The lowest BCUT2D eigenvalue weighted by Gasteiger charge is -2.34. The minimum absolute atomic E-state index is 0.0843. The van der Waals surface area contributed by atoms with Crippen LogP contribution in [0.1, 0.15) is 21.8 Å². The van der Waals surface area contributed by atoms with E-state index in [0.717, 1.165) is 28.8 Å². The molecule has 27 heavy (non-hydrogen) atoms. The topological polar surface area (TPSA) is 87.0 Å². The van der Waals surface area contributed by atoms with Crippen LogP contribution in [0, 0.1) is 6.92 Å². The summed E-state index contributed by atoms with van der Waals surface area (Å²) in [6.45, 7) is 5.29. The Morgan fingerprint density at radius 3 is 2.30 bits per heavy atom. The molecule has 0 bridgehead atoms. The molecule has 3 rings (SSSR count). The molecule has 1 amide bonds. The van der Waals surface area contributed by atoms with Crippen molar-refractivity contribution in [1.29, 1.82) is 0 Å². The molecule has 0 N–H and O–H groups in total. The van der Waals surface area contributed by atoms with E-state index < -0.39 is 10.0 Å². The van der Waals surface area contributed by atoms with E-state index in [1.165, 1.54) is 26.2 Å². The zero-order valence-corrected chi connectivity index (χ0v) is 16.6. The molecule has 1 aromatic heterocycles. The van der Waals surface area contributed by atoms with Crippen molar-refractivity contribution in [3.05, 3.63) is 47.3 Å². The first kappa shape index (κ1) is 19.5. The maximum Gasteiger partial charge on any atom is 0.253 e. The number of sulfonamides is 1. The van der Waals surface area contributed by atoms with Crippen molar-refractivity contribution >= 4 is 15.9 Å². The Kier molecular flexibility index (Phi) is 5.64. The monoisotopic (exact) mass is 392 g/mol. The highest BCUT2D eigenvalue weighted by Gasteiger charge is 2.24. The summed E-state index contributed by atoms with van der Waals surface area (Å²) < 4.78 is 30.6. The average Bonchev–Trinajstić information content (AvgIpc) is 3.06. The molecule has 1 aliphatic rings. The highest BCUT2D eigenvalue weighted by Crippen LogP contribution is 2.16. The lowest BCUT2D eigenvalue weighted by atomic mass is 10.2. The fourth-order valence-corrected chi connectivity index (χ4v) is 3.88. The zero-order valence-electron chi connectivity index (χ0n) is 15.8. The molecule has 146 valence electrons. The normalized spacial score (nSPS) is 16.1. The van der Waals surface area contributed by atoms with Gasteiger partial charge in [0.15, 0.2) is 5.76 Å². The van der Waals surface area contributed by atoms with Gasteiger partial charge in [0.05, 0.1) is 17.1 Å². The molecular weight excluding hydrogens is 368 g/mol. The summed E-state index contributed by atoms with van der Waals surface area (Å²) in [5, 5.41) is 3.89. The van der Waals surface area contributed by atoms with E-state index in [1.54, 1.807) is 17.0 Å². The smallest absolute Gasteiger partial charge is 0.253 e. The van der Waals surface area contributed by atoms with E-state index in [9.17, 15) is 13.2 Å². The molecule has 0 saturated carbocycles. The first-order chi connectivity index (χ1) is 12.8. The zero-order chi connectivity index (χ0) is 19.6. The Bertz CT molecular complexity index is 898. The van der Waals surface area contributed by atoms with Crippen LogP contribution in [0.5, 0.6) is 0 Å². The number of piperazine rings is 1. The summed E-state index contributed by atoms with van der Waals surface area (Å²) in [6.07, 6.45) is 0. The van der Waals surface area contributed by atoms with Gasteiger partial charge in [-0.3, -0.25) is 9.69 Å². The van der Waals surface area contributed by atoms with E-state index in [1.807, 2.05) is 13.0 Å². The molecule has 8 nitrogen and oxygen atoms in total. The Hall–Kier alpha value is -2.23. The average molecular weight is 392 g/mol. The van der Waals surface area contributed by atoms with Crippen molar-refractivity contribution in [2.75, 3.05) is 40.3 Å². The minimum Gasteiger partial charge on any atom is -0.360 e. The van der Waals surface area contributed by atoms with Gasteiger partial charge < -0.3 is 9.42 Å². The molecule has 1 aliphatic heterocycles. The molecule has 9 heteroatoms. The van der Waals surface area contributed by atoms with Crippen molar-refractivity contribution in [2.24, 2.45) is 0 Å². The first-order valence-electron chi connectivity index (χ1n) is 8.74. The maximum absolute atomic E-state index is 12.7. The summed E-state index contributed by atoms with van der Waals surface area (Å²) in [7, 11) is -0.532. The van der Waals surface area contributed by atoms with Crippen LogP contribution in [0.15, 0.2) is 39.8 Å². The van der Waals surface area contributed by atoms with Gasteiger partial charge in [0.1, 0.15) is 0 Å². The van der Waals surface area contributed by atoms with Gasteiger partial charge in [-0.1, -0.05) is 5.16 Å². The van der Waals surface area contributed by atoms with Crippen LogP contribution in [0.2, 0.25) is 0 Å². The molecule has 0 unspecified atom stereocenters. The van der Waals surface area contributed by atoms with Gasteiger partial charge >= 0.3 is 0 Å². The van der Waals surface area contributed by atoms with Crippen LogP contribution < -0.4 is 0 Å². The number of hydrogen-bond acceptors (Lipinski definition) is 6. The number of amides is 1. The number of aryl methyl sites for hydroxylation is 1. The van der Waals surface area contributed by atoms with Crippen molar-refractivity contribution in [2.45, 2.75) is 18.4 Å².